The molecule has 2 aromatic heterocycles. The van der Waals surface area contributed by atoms with Crippen LogP contribution in [0.1, 0.15) is 37.9 Å². The zero-order chi connectivity index (χ0) is 30.1. The van der Waals surface area contributed by atoms with Crippen molar-refractivity contribution in [3.63, 3.8) is 0 Å². The maximum atomic E-state index is 14.3. The number of ether oxygens (including phenoxy) is 2. The first kappa shape index (κ1) is 28.0. The number of hydrogen-bond donors (Lipinski definition) is 2. The van der Waals surface area contributed by atoms with Crippen LogP contribution in [-0.2, 0) is 16.1 Å². The van der Waals surface area contributed by atoms with Crippen LogP contribution < -0.4 is 19.7 Å². The van der Waals surface area contributed by atoms with E-state index in [1.807, 2.05) is 76.2 Å². The van der Waals surface area contributed by atoms with Crippen molar-refractivity contribution in [1.82, 2.24) is 30.5 Å². The highest BCUT2D eigenvalue weighted by molar-refractivity contribution is 6.03. The fraction of sp³-hybridized carbons (Fsp3) is 0.281. The summed E-state index contributed by atoms with van der Waals surface area (Å²) in [7, 11) is 0. The Morgan fingerprint density at radius 1 is 1.02 bits per heavy atom. The van der Waals surface area contributed by atoms with E-state index in [2.05, 4.69) is 25.7 Å². The molecule has 5 aromatic rings. The second-order valence-corrected chi connectivity index (χ2v) is 11.5. The van der Waals surface area contributed by atoms with Crippen LogP contribution in [0, 0.1) is 6.92 Å². The maximum absolute atomic E-state index is 14.3. The number of carbonyl (C=O) groups excluding carboxylic acids is 2. The first-order valence-electron chi connectivity index (χ1n) is 14.1. The molecule has 220 valence electrons. The third-order valence-corrected chi connectivity index (χ3v) is 7.03. The molecule has 1 aliphatic heterocycles. The first-order chi connectivity index (χ1) is 20.7. The standard InChI is InChI=1S/C32H33N7O4/c1-20-9-11-21(12-10-20)30-35-37-38(36-30)19-28(40)39(22-13-14-26-27(17-22)43-16-15-42-26)29(31(41)34-32(2,3)4)24-18-33-25-8-6-5-7-23(24)25/h5-14,17-18,29,33H,15-16,19H2,1-4H3,(H,34,41). The van der Waals surface area contributed by atoms with Gasteiger partial charge in [-0.25, -0.2) is 0 Å². The number of nitrogens with zero attached hydrogens (tertiary/aromatic N) is 5. The lowest BCUT2D eigenvalue weighted by Gasteiger charge is -2.34. The quantitative estimate of drug-likeness (QED) is 0.289. The lowest BCUT2D eigenvalue weighted by molar-refractivity contribution is -0.128. The van der Waals surface area contributed by atoms with E-state index in [4.69, 9.17) is 9.47 Å². The molecule has 0 aliphatic carbocycles. The van der Waals surface area contributed by atoms with Crippen LogP contribution in [0.4, 0.5) is 5.69 Å². The topological polar surface area (TPSA) is 127 Å². The zero-order valence-corrected chi connectivity index (χ0v) is 24.5. The van der Waals surface area contributed by atoms with Gasteiger partial charge in [0.25, 0.3) is 5.91 Å². The van der Waals surface area contributed by atoms with E-state index in [1.54, 1.807) is 24.4 Å². The fourth-order valence-electron chi connectivity index (χ4n) is 5.10. The van der Waals surface area contributed by atoms with E-state index < -0.39 is 17.5 Å². The van der Waals surface area contributed by atoms with Gasteiger partial charge >= 0.3 is 0 Å². The van der Waals surface area contributed by atoms with Crippen molar-refractivity contribution in [2.45, 2.75) is 45.8 Å². The van der Waals surface area contributed by atoms with Crippen LogP contribution in [0.3, 0.4) is 0 Å². The van der Waals surface area contributed by atoms with Crippen LogP contribution >= 0.6 is 0 Å². The van der Waals surface area contributed by atoms with Crippen molar-refractivity contribution in [2.75, 3.05) is 18.1 Å². The van der Waals surface area contributed by atoms with E-state index in [9.17, 15) is 9.59 Å². The van der Waals surface area contributed by atoms with Crippen molar-refractivity contribution in [3.05, 3.63) is 84.1 Å². The summed E-state index contributed by atoms with van der Waals surface area (Å²) >= 11 is 0. The zero-order valence-electron chi connectivity index (χ0n) is 24.5. The summed E-state index contributed by atoms with van der Waals surface area (Å²) in [6.07, 6.45) is 1.78. The van der Waals surface area contributed by atoms with Gasteiger partial charge in [-0.2, -0.15) is 4.80 Å². The molecule has 0 saturated carbocycles. The van der Waals surface area contributed by atoms with Gasteiger partial charge in [0.1, 0.15) is 25.8 Å². The third kappa shape index (κ3) is 5.92. The molecular formula is C32H33N7O4. The fourth-order valence-corrected chi connectivity index (χ4v) is 5.10. The van der Waals surface area contributed by atoms with Crippen molar-refractivity contribution in [3.8, 4) is 22.9 Å². The van der Waals surface area contributed by atoms with Gasteiger partial charge < -0.3 is 19.8 Å². The van der Waals surface area contributed by atoms with Crippen LogP contribution in [0.15, 0.2) is 72.9 Å². The monoisotopic (exact) mass is 579 g/mol. The minimum atomic E-state index is -1.04. The van der Waals surface area contributed by atoms with Crippen molar-refractivity contribution in [1.29, 1.82) is 0 Å². The Morgan fingerprint density at radius 2 is 1.77 bits per heavy atom. The molecule has 0 saturated heterocycles. The summed E-state index contributed by atoms with van der Waals surface area (Å²) < 4.78 is 11.6. The number of para-hydroxylation sites is 1. The molecule has 11 nitrogen and oxygen atoms in total. The van der Waals surface area contributed by atoms with Crippen LogP contribution in [0.5, 0.6) is 11.5 Å². The predicted molar refractivity (Wildman–Crippen MR) is 162 cm³/mol. The normalized spacial score (nSPS) is 13.5. The number of rotatable bonds is 7. The number of aromatic amines is 1. The molecule has 3 heterocycles. The summed E-state index contributed by atoms with van der Waals surface area (Å²) in [5, 5.41) is 16.7. The number of aromatic nitrogens is 5. The molecule has 3 aromatic carbocycles. The van der Waals surface area contributed by atoms with Gasteiger partial charge in [0.15, 0.2) is 11.5 Å². The number of H-pyrrole nitrogens is 1. The highest BCUT2D eigenvalue weighted by Crippen LogP contribution is 2.38. The van der Waals surface area contributed by atoms with Crippen LogP contribution in [0.25, 0.3) is 22.3 Å². The Kier molecular flexibility index (Phi) is 7.31. The predicted octanol–water partition coefficient (Wildman–Crippen LogP) is 4.59. The van der Waals surface area contributed by atoms with Gasteiger partial charge in [0.05, 0.1) is 0 Å². The Labute approximate surface area is 248 Å². The number of carbonyl (C=O) groups is 2. The molecule has 1 aliphatic rings. The molecule has 2 N–H and O–H groups in total. The Hall–Kier alpha value is -5.19. The maximum Gasteiger partial charge on any atom is 0.251 e. The summed E-state index contributed by atoms with van der Waals surface area (Å²) in [4.78, 5) is 34.5. The van der Waals surface area contributed by atoms with Gasteiger partial charge in [0.2, 0.25) is 11.7 Å². The molecule has 1 unspecified atom stereocenters. The van der Waals surface area contributed by atoms with Gasteiger partial charge in [-0.05, 0) is 51.1 Å². The SMILES string of the molecule is Cc1ccc(-c2nnn(CC(=O)N(c3ccc4c(c3)OCCO4)C(C(=O)NC(C)(C)C)c3c[nH]c4ccccc34)n2)cc1. The molecule has 2 amide bonds. The van der Waals surface area contributed by atoms with Gasteiger partial charge in [-0.1, -0.05) is 48.0 Å². The Morgan fingerprint density at radius 3 is 2.53 bits per heavy atom. The number of hydrogen-bond acceptors (Lipinski definition) is 7. The van der Waals surface area contributed by atoms with Crippen molar-refractivity contribution >= 4 is 28.4 Å². The number of tetrazole rings is 1. The molecule has 6 rings (SSSR count). The summed E-state index contributed by atoms with van der Waals surface area (Å²) in [6, 6.07) is 19.6. The Balaban J connectivity index is 1.44. The van der Waals surface area contributed by atoms with E-state index in [1.165, 1.54) is 9.70 Å². The van der Waals surface area contributed by atoms with Crippen molar-refractivity contribution < 1.29 is 19.1 Å². The number of amides is 2. The molecule has 0 bridgehead atoms. The minimum Gasteiger partial charge on any atom is -0.486 e. The van der Waals surface area contributed by atoms with Crippen LogP contribution in [-0.4, -0.2) is 55.8 Å². The van der Waals surface area contributed by atoms with Gasteiger partial charge in [0, 0.05) is 45.5 Å². The molecule has 0 fully saturated rings. The second kappa shape index (κ2) is 11.2. The van der Waals surface area contributed by atoms with E-state index in [0.29, 0.717) is 41.8 Å². The minimum absolute atomic E-state index is 0.255. The Bertz CT molecular complexity index is 1790. The van der Waals surface area contributed by atoms with E-state index in [-0.39, 0.29) is 12.5 Å². The van der Waals surface area contributed by atoms with E-state index >= 15 is 0 Å². The summed E-state index contributed by atoms with van der Waals surface area (Å²) in [5.41, 5.74) is 3.30. The third-order valence-electron chi connectivity index (χ3n) is 7.03. The van der Waals surface area contributed by atoms with E-state index in [0.717, 1.165) is 22.0 Å². The molecule has 0 spiro atoms. The molecule has 43 heavy (non-hydrogen) atoms. The second-order valence-electron chi connectivity index (χ2n) is 11.5. The highest BCUT2D eigenvalue weighted by Gasteiger charge is 2.37. The van der Waals surface area contributed by atoms with Crippen LogP contribution in [0.2, 0.25) is 0 Å². The first-order valence-corrected chi connectivity index (χ1v) is 14.1. The number of nitrogens with one attached hydrogen (secondary N) is 2. The lowest BCUT2D eigenvalue weighted by atomic mass is 10.00. The molecule has 1 atom stereocenters. The van der Waals surface area contributed by atoms with Gasteiger partial charge in [-0.15, -0.1) is 10.2 Å². The molecule has 0 radical (unpaired) electrons. The number of fused-ring (bicyclic) bond motifs is 2. The largest absolute Gasteiger partial charge is 0.486 e. The number of benzene rings is 3. The van der Waals surface area contributed by atoms with Gasteiger partial charge in [-0.3, -0.25) is 14.5 Å². The summed E-state index contributed by atoms with van der Waals surface area (Å²) in [5.74, 6) is 0.718. The lowest BCUT2D eigenvalue weighted by Crippen LogP contribution is -2.50. The average Bonchev–Trinajstić information content (AvgIpc) is 3.62. The number of anilines is 1. The number of aryl methyl sites for hydroxylation is 1. The molecular weight excluding hydrogens is 546 g/mol. The summed E-state index contributed by atoms with van der Waals surface area (Å²) in [6.45, 7) is 8.26. The van der Waals surface area contributed by atoms with Crippen molar-refractivity contribution in [2.24, 2.45) is 0 Å². The average molecular weight is 580 g/mol. The highest BCUT2D eigenvalue weighted by atomic mass is 16.6. The smallest absolute Gasteiger partial charge is 0.251 e. The molecule has 11 heteroatoms.